The van der Waals surface area contributed by atoms with Crippen molar-refractivity contribution in [2.75, 3.05) is 59.0 Å². The Kier molecular flexibility index (Phi) is 15.6. The van der Waals surface area contributed by atoms with Crippen LogP contribution in [0.2, 0.25) is 0 Å². The van der Waals surface area contributed by atoms with E-state index in [2.05, 4.69) is 18.0 Å². The fourth-order valence-corrected chi connectivity index (χ4v) is 6.18. The molecule has 13 heteroatoms. The van der Waals surface area contributed by atoms with Crippen LogP contribution in [-0.2, 0) is 35.1 Å². The summed E-state index contributed by atoms with van der Waals surface area (Å²) in [7, 11) is 5.34. The van der Waals surface area contributed by atoms with Gasteiger partial charge in [-0.3, -0.25) is 4.79 Å². The van der Waals surface area contributed by atoms with Crippen molar-refractivity contribution < 1.29 is 48.3 Å². The summed E-state index contributed by atoms with van der Waals surface area (Å²) < 4.78 is 21.8. The predicted octanol–water partition coefficient (Wildman–Crippen LogP) is 4.72. The molecule has 1 heterocycles. The van der Waals surface area contributed by atoms with E-state index in [1.54, 1.807) is 37.8 Å². The zero-order chi connectivity index (χ0) is 35.8. The standard InChI is InChI=1S/C32H38N2O6S.C4H4O4/c1-5-39-29(35)22-40-30-31(24-13-15-25(37-3)16-14-24)41-28-12-7-6-11-27(28)34(32(30)36)20-19-33(2)18-17-23-9-8-10-26(21-23)38-4;5-3(6)1-2-4(7)8/h6-16,21,30-31H,5,17-20,22H2,1-4H3;1-2H,(H,5,6)(H,7,8). The van der Waals surface area contributed by atoms with Gasteiger partial charge in [0.1, 0.15) is 18.1 Å². The van der Waals surface area contributed by atoms with Crippen LogP contribution in [0, 0.1) is 0 Å². The lowest BCUT2D eigenvalue weighted by atomic mass is 10.1. The summed E-state index contributed by atoms with van der Waals surface area (Å²) in [5.74, 6) is -1.63. The number of rotatable bonds is 15. The van der Waals surface area contributed by atoms with E-state index in [1.807, 2.05) is 66.7 Å². The zero-order valence-electron chi connectivity index (χ0n) is 27.9. The number of anilines is 1. The number of carboxylic acids is 2. The maximum Gasteiger partial charge on any atom is 0.332 e. The molecule has 0 fully saturated rings. The van der Waals surface area contributed by atoms with Crippen molar-refractivity contribution in [3.05, 3.63) is 96.1 Å². The second-order valence-corrected chi connectivity index (χ2v) is 11.9. The third-order valence-electron chi connectivity index (χ3n) is 7.31. The predicted molar refractivity (Wildman–Crippen MR) is 185 cm³/mol. The molecule has 0 radical (unpaired) electrons. The van der Waals surface area contributed by atoms with E-state index in [-0.39, 0.29) is 24.4 Å². The average molecular weight is 695 g/mol. The van der Waals surface area contributed by atoms with Crippen LogP contribution in [0.25, 0.3) is 0 Å². The monoisotopic (exact) mass is 694 g/mol. The number of carbonyl (C=O) groups excluding carboxylic acids is 2. The maximum absolute atomic E-state index is 14.2. The number of fused-ring (bicyclic) bond motifs is 1. The molecule has 1 amide bonds. The number of para-hydroxylation sites is 1. The smallest absolute Gasteiger partial charge is 0.332 e. The van der Waals surface area contributed by atoms with Crippen molar-refractivity contribution in [1.82, 2.24) is 4.90 Å². The SMILES string of the molecule is CCOC(=O)COC1C(=O)N(CCN(C)CCc2cccc(OC)c2)c2ccccc2SC1c1ccc(OC)cc1.O=C(O)C=CC(=O)O. The fraction of sp³-hybridized carbons (Fsp3) is 0.333. The Morgan fingerprint density at radius 3 is 2.20 bits per heavy atom. The number of carbonyl (C=O) groups is 4. The van der Waals surface area contributed by atoms with Gasteiger partial charge >= 0.3 is 17.9 Å². The Balaban J connectivity index is 0.000000723. The zero-order valence-corrected chi connectivity index (χ0v) is 28.8. The highest BCUT2D eigenvalue weighted by Gasteiger charge is 2.39. The van der Waals surface area contributed by atoms with Gasteiger partial charge in [-0.2, -0.15) is 0 Å². The lowest BCUT2D eigenvalue weighted by molar-refractivity contribution is -0.152. The molecule has 3 aromatic rings. The maximum atomic E-state index is 14.2. The van der Waals surface area contributed by atoms with Crippen LogP contribution >= 0.6 is 11.8 Å². The Morgan fingerprint density at radius 1 is 0.898 bits per heavy atom. The number of thioether (sulfide) groups is 1. The van der Waals surface area contributed by atoms with E-state index < -0.39 is 24.0 Å². The molecule has 0 spiro atoms. The first kappa shape index (κ1) is 38.6. The molecule has 0 saturated carbocycles. The number of nitrogens with zero attached hydrogens (tertiary/aromatic N) is 2. The Hall–Kier alpha value is -4.85. The van der Waals surface area contributed by atoms with Gasteiger partial charge in [-0.1, -0.05) is 36.4 Å². The first-order valence-corrected chi connectivity index (χ1v) is 16.4. The van der Waals surface area contributed by atoms with Gasteiger partial charge in [0.15, 0.2) is 6.10 Å². The third kappa shape index (κ3) is 12.3. The third-order valence-corrected chi connectivity index (χ3v) is 8.69. The molecule has 4 rings (SSSR count). The van der Waals surface area contributed by atoms with E-state index in [0.29, 0.717) is 25.2 Å². The van der Waals surface area contributed by atoms with Gasteiger partial charge in [0.05, 0.1) is 31.8 Å². The lowest BCUT2D eigenvalue weighted by Crippen LogP contribution is -2.45. The van der Waals surface area contributed by atoms with Crippen LogP contribution in [0.1, 0.15) is 23.3 Å². The summed E-state index contributed by atoms with van der Waals surface area (Å²) in [5, 5.41) is 15.2. The first-order valence-electron chi connectivity index (χ1n) is 15.5. The van der Waals surface area contributed by atoms with E-state index in [9.17, 15) is 19.2 Å². The molecule has 262 valence electrons. The molecule has 2 unspecified atom stereocenters. The average Bonchev–Trinajstić information content (AvgIpc) is 3.22. The van der Waals surface area contributed by atoms with Crippen LogP contribution in [0.15, 0.2) is 89.8 Å². The number of esters is 1. The Labute approximate surface area is 290 Å². The molecule has 12 nitrogen and oxygen atoms in total. The second kappa shape index (κ2) is 19.8. The van der Waals surface area contributed by atoms with Crippen molar-refractivity contribution >= 4 is 41.3 Å². The topological polar surface area (TPSA) is 152 Å². The summed E-state index contributed by atoms with van der Waals surface area (Å²) in [4.78, 5) is 50.6. The number of benzene rings is 3. The molecular weight excluding hydrogens is 652 g/mol. The number of ether oxygens (including phenoxy) is 4. The van der Waals surface area contributed by atoms with Crippen LogP contribution in [-0.4, -0.2) is 99.1 Å². The highest BCUT2D eigenvalue weighted by molar-refractivity contribution is 7.99. The van der Waals surface area contributed by atoms with E-state index in [4.69, 9.17) is 29.2 Å². The minimum atomic E-state index is -1.26. The van der Waals surface area contributed by atoms with Gasteiger partial charge in [-0.15, -0.1) is 11.8 Å². The number of carboxylic acid groups (broad SMARTS) is 2. The van der Waals surface area contributed by atoms with Crippen LogP contribution in [0.4, 0.5) is 5.69 Å². The van der Waals surface area contributed by atoms with Gasteiger partial charge in [0.25, 0.3) is 5.91 Å². The molecule has 3 aromatic carbocycles. The first-order chi connectivity index (χ1) is 23.6. The quantitative estimate of drug-likeness (QED) is 0.167. The van der Waals surface area contributed by atoms with Crippen molar-refractivity contribution in [2.24, 2.45) is 0 Å². The van der Waals surface area contributed by atoms with Crippen molar-refractivity contribution in [1.29, 1.82) is 0 Å². The van der Waals surface area contributed by atoms with E-state index >= 15 is 0 Å². The van der Waals surface area contributed by atoms with Crippen LogP contribution in [0.5, 0.6) is 11.5 Å². The number of methoxy groups -OCH3 is 2. The minimum Gasteiger partial charge on any atom is -0.497 e. The van der Waals surface area contributed by atoms with E-state index in [1.165, 1.54) is 5.56 Å². The number of amides is 1. The van der Waals surface area contributed by atoms with Crippen LogP contribution in [0.3, 0.4) is 0 Å². The van der Waals surface area contributed by atoms with Gasteiger partial charge in [0, 0.05) is 36.7 Å². The fourth-order valence-electron chi connectivity index (χ4n) is 4.84. The Morgan fingerprint density at radius 2 is 1.57 bits per heavy atom. The summed E-state index contributed by atoms with van der Waals surface area (Å²) in [5.41, 5.74) is 2.94. The van der Waals surface area contributed by atoms with Crippen molar-refractivity contribution in [3.8, 4) is 11.5 Å². The highest BCUT2D eigenvalue weighted by atomic mass is 32.2. The number of hydrogen-bond donors (Lipinski definition) is 2. The van der Waals surface area contributed by atoms with E-state index in [0.717, 1.165) is 40.6 Å². The second-order valence-electron chi connectivity index (χ2n) is 10.7. The van der Waals surface area contributed by atoms with Gasteiger partial charge < -0.3 is 39.0 Å². The number of hydrogen-bond acceptors (Lipinski definition) is 10. The normalized spacial score (nSPS) is 15.5. The molecular formula is C36H42N2O10S. The molecule has 49 heavy (non-hydrogen) atoms. The van der Waals surface area contributed by atoms with Crippen molar-refractivity contribution in [3.63, 3.8) is 0 Å². The molecule has 2 atom stereocenters. The largest absolute Gasteiger partial charge is 0.497 e. The van der Waals surface area contributed by atoms with Crippen molar-refractivity contribution in [2.45, 2.75) is 29.6 Å². The molecule has 2 N–H and O–H groups in total. The Bertz CT molecular complexity index is 1560. The van der Waals surface area contributed by atoms with Gasteiger partial charge in [-0.05, 0) is 67.9 Å². The highest BCUT2D eigenvalue weighted by Crippen LogP contribution is 2.46. The lowest BCUT2D eigenvalue weighted by Gasteiger charge is -2.29. The number of aliphatic carboxylic acids is 2. The van der Waals surface area contributed by atoms with Gasteiger partial charge in [-0.25, -0.2) is 14.4 Å². The summed E-state index contributed by atoms with van der Waals surface area (Å²) in [6.45, 7) is 3.64. The summed E-state index contributed by atoms with van der Waals surface area (Å²) in [6.07, 6.45) is 1.08. The summed E-state index contributed by atoms with van der Waals surface area (Å²) >= 11 is 1.56. The number of likely N-dealkylation sites (N-methyl/N-ethyl adjacent to an activating group) is 1. The molecule has 1 aliphatic heterocycles. The molecule has 0 aliphatic carbocycles. The molecule has 0 bridgehead atoms. The molecule has 0 saturated heterocycles. The molecule has 1 aliphatic rings. The van der Waals surface area contributed by atoms with Gasteiger partial charge in [0.2, 0.25) is 0 Å². The summed E-state index contributed by atoms with van der Waals surface area (Å²) in [6, 6.07) is 23.6. The molecule has 0 aromatic heterocycles. The van der Waals surface area contributed by atoms with Crippen LogP contribution < -0.4 is 14.4 Å². The minimum absolute atomic E-state index is 0.186.